The molecule has 3 rings (SSSR count). The van der Waals surface area contributed by atoms with Crippen LogP contribution in [0.5, 0.6) is 0 Å². The molecule has 1 heterocycles. The largest absolute Gasteiger partial charge is 0.383 e. The fourth-order valence-electron chi connectivity index (χ4n) is 3.06. The number of hydrogen-bond donors (Lipinski definition) is 4. The van der Waals surface area contributed by atoms with Crippen molar-refractivity contribution >= 4 is 28.5 Å². The second kappa shape index (κ2) is 9.80. The molecule has 3 aromatic rings. The number of rotatable bonds is 8. The summed E-state index contributed by atoms with van der Waals surface area (Å²) in [5.41, 5.74) is 14.5. The van der Waals surface area contributed by atoms with Crippen molar-refractivity contribution in [3.8, 4) is 0 Å². The minimum atomic E-state index is -0.696. The minimum Gasteiger partial charge on any atom is -0.383 e. The van der Waals surface area contributed by atoms with Gasteiger partial charge in [0.15, 0.2) is 0 Å². The van der Waals surface area contributed by atoms with E-state index in [4.69, 9.17) is 11.5 Å². The van der Waals surface area contributed by atoms with Crippen LogP contribution in [0.1, 0.15) is 24.5 Å². The van der Waals surface area contributed by atoms with Crippen molar-refractivity contribution in [3.05, 3.63) is 66.0 Å². The van der Waals surface area contributed by atoms with Gasteiger partial charge < -0.3 is 22.1 Å². The van der Waals surface area contributed by atoms with E-state index in [2.05, 4.69) is 20.6 Å². The number of benzene rings is 2. The maximum Gasteiger partial charge on any atom is 0.242 e. The van der Waals surface area contributed by atoms with Gasteiger partial charge in [-0.05, 0) is 43.0 Å². The Balaban J connectivity index is 1.47. The molecule has 0 bridgehead atoms. The zero-order valence-corrected chi connectivity index (χ0v) is 16.8. The molecule has 2 aromatic carbocycles. The normalized spacial score (nSPS) is 12.9. The average molecular weight is 406 g/mol. The lowest BCUT2D eigenvalue weighted by molar-refractivity contribution is -0.129. The standard InChI is InChI=1S/C22H26N6O2/c1-14(28-22(30)18(23)10-8-15-5-3-2-4-6-15)21(29)25-12-16-7-9-17-19(11-16)26-13-27-20(17)24/h2-7,9,11,13-14,18H,8,10,12,23H2,1H3,(H,25,29)(H,28,30)(H2,24,26,27). The van der Waals surface area contributed by atoms with Gasteiger partial charge in [0.1, 0.15) is 18.2 Å². The Labute approximate surface area is 175 Å². The Morgan fingerprint density at radius 1 is 1.03 bits per heavy atom. The van der Waals surface area contributed by atoms with E-state index in [-0.39, 0.29) is 11.8 Å². The molecule has 2 amide bonds. The molecule has 0 aliphatic heterocycles. The Kier molecular flexibility index (Phi) is 6.92. The van der Waals surface area contributed by atoms with Gasteiger partial charge in [0.2, 0.25) is 11.8 Å². The first-order chi connectivity index (χ1) is 14.4. The fourth-order valence-corrected chi connectivity index (χ4v) is 3.06. The molecule has 0 spiro atoms. The molecule has 0 radical (unpaired) electrons. The van der Waals surface area contributed by atoms with Crippen LogP contribution in [0.25, 0.3) is 10.9 Å². The molecular weight excluding hydrogens is 380 g/mol. The highest BCUT2D eigenvalue weighted by atomic mass is 16.2. The quantitative estimate of drug-likeness (QED) is 0.445. The number of carbonyl (C=O) groups is 2. The number of hydrogen-bond acceptors (Lipinski definition) is 6. The van der Waals surface area contributed by atoms with Crippen molar-refractivity contribution in [2.45, 2.75) is 38.4 Å². The van der Waals surface area contributed by atoms with Gasteiger partial charge in [0, 0.05) is 11.9 Å². The SMILES string of the molecule is CC(NC(=O)C(N)CCc1ccccc1)C(=O)NCc1ccc2c(N)ncnc2c1. The van der Waals surface area contributed by atoms with E-state index in [1.807, 2.05) is 48.5 Å². The Hall–Kier alpha value is -3.52. The van der Waals surface area contributed by atoms with Crippen molar-refractivity contribution in [1.82, 2.24) is 20.6 Å². The third-order valence-corrected chi connectivity index (χ3v) is 4.87. The predicted octanol–water partition coefficient (Wildman–Crippen LogP) is 1.29. The highest BCUT2D eigenvalue weighted by Crippen LogP contribution is 2.17. The van der Waals surface area contributed by atoms with Crippen LogP contribution >= 0.6 is 0 Å². The third-order valence-electron chi connectivity index (χ3n) is 4.87. The predicted molar refractivity (Wildman–Crippen MR) is 116 cm³/mol. The molecule has 0 fully saturated rings. The molecule has 156 valence electrons. The van der Waals surface area contributed by atoms with E-state index in [1.54, 1.807) is 6.92 Å². The van der Waals surface area contributed by atoms with E-state index in [9.17, 15) is 9.59 Å². The number of nitrogen functional groups attached to an aromatic ring is 1. The number of aryl methyl sites for hydroxylation is 1. The van der Waals surface area contributed by atoms with E-state index in [0.717, 1.165) is 16.5 Å². The number of amides is 2. The molecule has 0 saturated heterocycles. The fraction of sp³-hybridized carbons (Fsp3) is 0.273. The summed E-state index contributed by atoms with van der Waals surface area (Å²) in [6, 6.07) is 14.0. The van der Waals surface area contributed by atoms with E-state index >= 15 is 0 Å². The van der Waals surface area contributed by atoms with Gasteiger partial charge in [-0.15, -0.1) is 0 Å². The van der Waals surface area contributed by atoms with Gasteiger partial charge in [-0.1, -0.05) is 36.4 Å². The second-order valence-electron chi connectivity index (χ2n) is 7.19. The number of nitrogens with one attached hydrogen (secondary N) is 2. The van der Waals surface area contributed by atoms with Crippen molar-refractivity contribution in [1.29, 1.82) is 0 Å². The van der Waals surface area contributed by atoms with Crippen molar-refractivity contribution in [3.63, 3.8) is 0 Å². The van der Waals surface area contributed by atoms with Gasteiger partial charge in [-0.25, -0.2) is 9.97 Å². The lowest BCUT2D eigenvalue weighted by atomic mass is 10.1. The molecule has 2 unspecified atom stereocenters. The smallest absolute Gasteiger partial charge is 0.242 e. The lowest BCUT2D eigenvalue weighted by Gasteiger charge is -2.17. The van der Waals surface area contributed by atoms with Crippen molar-refractivity contribution in [2.24, 2.45) is 5.73 Å². The zero-order valence-electron chi connectivity index (χ0n) is 16.8. The number of fused-ring (bicyclic) bond motifs is 1. The zero-order chi connectivity index (χ0) is 21.5. The van der Waals surface area contributed by atoms with E-state index < -0.39 is 12.1 Å². The summed E-state index contributed by atoms with van der Waals surface area (Å²) in [5.74, 6) is -0.220. The summed E-state index contributed by atoms with van der Waals surface area (Å²) in [4.78, 5) is 32.8. The van der Waals surface area contributed by atoms with Gasteiger partial charge >= 0.3 is 0 Å². The van der Waals surface area contributed by atoms with Crippen LogP contribution < -0.4 is 22.1 Å². The molecule has 6 N–H and O–H groups in total. The summed E-state index contributed by atoms with van der Waals surface area (Å²) in [7, 11) is 0. The van der Waals surface area contributed by atoms with Crippen LogP contribution in [0, 0.1) is 0 Å². The van der Waals surface area contributed by atoms with Crippen LogP contribution in [-0.4, -0.2) is 33.9 Å². The monoisotopic (exact) mass is 406 g/mol. The van der Waals surface area contributed by atoms with Gasteiger partial charge in [-0.2, -0.15) is 0 Å². The maximum absolute atomic E-state index is 12.4. The maximum atomic E-state index is 12.4. The van der Waals surface area contributed by atoms with Gasteiger partial charge in [0.05, 0.1) is 11.6 Å². The number of nitrogens with zero attached hydrogens (tertiary/aromatic N) is 2. The van der Waals surface area contributed by atoms with Crippen LogP contribution in [0.3, 0.4) is 0 Å². The van der Waals surface area contributed by atoms with E-state index in [0.29, 0.717) is 30.7 Å². The summed E-state index contributed by atoms with van der Waals surface area (Å²) >= 11 is 0. The Morgan fingerprint density at radius 2 is 1.80 bits per heavy atom. The first-order valence-corrected chi connectivity index (χ1v) is 9.80. The topological polar surface area (TPSA) is 136 Å². The molecule has 0 aliphatic carbocycles. The summed E-state index contributed by atoms with van der Waals surface area (Å²) in [6.07, 6.45) is 2.61. The van der Waals surface area contributed by atoms with Crippen molar-refractivity contribution in [2.75, 3.05) is 5.73 Å². The highest BCUT2D eigenvalue weighted by Gasteiger charge is 2.20. The molecule has 2 atom stereocenters. The number of nitrogens with two attached hydrogens (primary N) is 2. The summed E-state index contributed by atoms with van der Waals surface area (Å²) in [5, 5.41) is 6.25. The summed E-state index contributed by atoms with van der Waals surface area (Å²) < 4.78 is 0. The highest BCUT2D eigenvalue weighted by molar-refractivity contribution is 5.90. The second-order valence-corrected chi connectivity index (χ2v) is 7.19. The first-order valence-electron chi connectivity index (χ1n) is 9.80. The lowest BCUT2D eigenvalue weighted by Crippen LogP contribution is -2.50. The summed E-state index contributed by atoms with van der Waals surface area (Å²) in [6.45, 7) is 1.93. The Bertz CT molecular complexity index is 1020. The van der Waals surface area contributed by atoms with Crippen LogP contribution in [0.2, 0.25) is 0 Å². The Morgan fingerprint density at radius 3 is 2.57 bits per heavy atom. The van der Waals surface area contributed by atoms with Crippen LogP contribution in [0.15, 0.2) is 54.9 Å². The number of aromatic nitrogens is 2. The van der Waals surface area contributed by atoms with Crippen LogP contribution in [0.4, 0.5) is 5.82 Å². The first kappa shape index (κ1) is 21.2. The van der Waals surface area contributed by atoms with Crippen molar-refractivity contribution < 1.29 is 9.59 Å². The molecule has 0 saturated carbocycles. The average Bonchev–Trinajstić information content (AvgIpc) is 2.76. The molecular formula is C22H26N6O2. The van der Waals surface area contributed by atoms with Gasteiger partial charge in [-0.3, -0.25) is 9.59 Å². The molecule has 8 heteroatoms. The molecule has 0 aliphatic rings. The van der Waals surface area contributed by atoms with Gasteiger partial charge in [0.25, 0.3) is 0 Å². The number of carbonyl (C=O) groups excluding carboxylic acids is 2. The molecule has 8 nitrogen and oxygen atoms in total. The van der Waals surface area contributed by atoms with Crippen LogP contribution in [-0.2, 0) is 22.6 Å². The molecule has 30 heavy (non-hydrogen) atoms. The number of anilines is 1. The van der Waals surface area contributed by atoms with E-state index in [1.165, 1.54) is 6.33 Å². The minimum absolute atomic E-state index is 0.291. The molecule has 1 aromatic heterocycles. The third kappa shape index (κ3) is 5.51.